The average Bonchev–Trinajstić information content (AvgIpc) is 3.07. The standard InChI is InChI=1S/C23H27FN2O2/c1-4-5-14-26(2)22(27)13-11-19-20-15-17(24)8-12-21(20)25-23(19)16-6-9-18(28-3)10-7-16/h6-10,12,15,25H,4-5,11,13-14H2,1-3H3. The summed E-state index contributed by atoms with van der Waals surface area (Å²) in [7, 11) is 3.48. The first-order chi connectivity index (χ1) is 13.5. The zero-order valence-corrected chi connectivity index (χ0v) is 16.7. The second kappa shape index (κ2) is 8.91. The molecule has 148 valence electrons. The van der Waals surface area contributed by atoms with E-state index in [2.05, 4.69) is 11.9 Å². The topological polar surface area (TPSA) is 45.3 Å². The minimum atomic E-state index is -0.277. The van der Waals surface area contributed by atoms with Crippen LogP contribution in [-0.4, -0.2) is 36.5 Å². The third kappa shape index (κ3) is 4.35. The van der Waals surface area contributed by atoms with Crippen LogP contribution < -0.4 is 4.74 Å². The highest BCUT2D eigenvalue weighted by Gasteiger charge is 2.16. The second-order valence-electron chi connectivity index (χ2n) is 7.07. The molecule has 0 unspecified atom stereocenters. The van der Waals surface area contributed by atoms with Crippen molar-refractivity contribution >= 4 is 16.8 Å². The fourth-order valence-electron chi connectivity index (χ4n) is 3.43. The summed E-state index contributed by atoms with van der Waals surface area (Å²) in [5.74, 6) is 0.612. The van der Waals surface area contributed by atoms with E-state index in [9.17, 15) is 9.18 Å². The number of nitrogens with one attached hydrogen (secondary N) is 1. The number of benzene rings is 2. The van der Waals surface area contributed by atoms with Gasteiger partial charge in [-0.05, 0) is 66.4 Å². The molecular formula is C23H27FN2O2. The van der Waals surface area contributed by atoms with E-state index in [-0.39, 0.29) is 11.7 Å². The SMILES string of the molecule is CCCCN(C)C(=O)CCc1c(-c2ccc(OC)cc2)[nH]c2ccc(F)cc12. The Labute approximate surface area is 165 Å². The van der Waals surface area contributed by atoms with E-state index >= 15 is 0 Å². The minimum absolute atomic E-state index is 0.111. The molecule has 0 saturated heterocycles. The molecule has 0 saturated carbocycles. The summed E-state index contributed by atoms with van der Waals surface area (Å²) < 4.78 is 19.1. The largest absolute Gasteiger partial charge is 0.497 e. The number of unbranched alkanes of at least 4 members (excludes halogenated alkanes) is 1. The molecule has 0 spiro atoms. The van der Waals surface area contributed by atoms with E-state index in [1.54, 1.807) is 24.1 Å². The number of aryl methyl sites for hydroxylation is 1. The van der Waals surface area contributed by atoms with Crippen LogP contribution in [0.25, 0.3) is 22.2 Å². The number of carbonyl (C=O) groups excluding carboxylic acids is 1. The lowest BCUT2D eigenvalue weighted by Crippen LogP contribution is -2.27. The van der Waals surface area contributed by atoms with Crippen molar-refractivity contribution in [3.05, 3.63) is 53.8 Å². The van der Waals surface area contributed by atoms with Crippen LogP contribution in [0.2, 0.25) is 0 Å². The van der Waals surface area contributed by atoms with Gasteiger partial charge in [0, 0.05) is 36.6 Å². The van der Waals surface area contributed by atoms with Crippen molar-refractivity contribution in [1.29, 1.82) is 0 Å². The summed E-state index contributed by atoms with van der Waals surface area (Å²) >= 11 is 0. The van der Waals surface area contributed by atoms with E-state index < -0.39 is 0 Å². The van der Waals surface area contributed by atoms with Gasteiger partial charge in [-0.25, -0.2) is 4.39 Å². The Hall–Kier alpha value is -2.82. The molecule has 0 fully saturated rings. The fraction of sp³-hybridized carbons (Fsp3) is 0.348. The Bertz CT molecular complexity index is 947. The lowest BCUT2D eigenvalue weighted by Gasteiger charge is -2.16. The summed E-state index contributed by atoms with van der Waals surface area (Å²) in [5.41, 5.74) is 3.75. The summed E-state index contributed by atoms with van der Waals surface area (Å²) in [6.07, 6.45) is 3.01. The van der Waals surface area contributed by atoms with E-state index in [4.69, 9.17) is 4.74 Å². The Balaban J connectivity index is 1.92. The Kier molecular flexibility index (Phi) is 6.34. The van der Waals surface area contributed by atoms with Gasteiger partial charge in [0.2, 0.25) is 5.91 Å². The molecule has 0 radical (unpaired) electrons. The second-order valence-corrected chi connectivity index (χ2v) is 7.07. The molecule has 1 N–H and O–H groups in total. The number of ether oxygens (including phenoxy) is 1. The van der Waals surface area contributed by atoms with Crippen molar-refractivity contribution in [1.82, 2.24) is 9.88 Å². The lowest BCUT2D eigenvalue weighted by atomic mass is 10.0. The predicted molar refractivity (Wildman–Crippen MR) is 111 cm³/mol. The zero-order valence-electron chi connectivity index (χ0n) is 16.7. The summed E-state index contributed by atoms with van der Waals surface area (Å²) in [6.45, 7) is 2.88. The fourth-order valence-corrected chi connectivity index (χ4v) is 3.43. The van der Waals surface area contributed by atoms with Gasteiger partial charge in [-0.15, -0.1) is 0 Å². The number of carbonyl (C=O) groups is 1. The van der Waals surface area contributed by atoms with Gasteiger partial charge in [0.15, 0.2) is 0 Å². The normalized spacial score (nSPS) is 11.0. The first kappa shape index (κ1) is 19.9. The maximum Gasteiger partial charge on any atom is 0.222 e. The average molecular weight is 382 g/mol. The van der Waals surface area contributed by atoms with Crippen LogP contribution >= 0.6 is 0 Å². The molecule has 0 bridgehead atoms. The van der Waals surface area contributed by atoms with Crippen LogP contribution in [0.5, 0.6) is 5.75 Å². The van der Waals surface area contributed by atoms with Crippen LogP contribution in [0, 0.1) is 5.82 Å². The number of hydrogen-bond acceptors (Lipinski definition) is 2. The van der Waals surface area contributed by atoms with Gasteiger partial charge >= 0.3 is 0 Å². The number of rotatable bonds is 8. The van der Waals surface area contributed by atoms with E-state index in [1.165, 1.54) is 6.07 Å². The van der Waals surface area contributed by atoms with Crippen molar-refractivity contribution in [3.8, 4) is 17.0 Å². The number of methoxy groups -OCH3 is 1. The quantitative estimate of drug-likeness (QED) is 0.584. The van der Waals surface area contributed by atoms with Crippen molar-refractivity contribution in [2.45, 2.75) is 32.6 Å². The molecular weight excluding hydrogens is 355 g/mol. The molecule has 0 aliphatic heterocycles. The molecule has 28 heavy (non-hydrogen) atoms. The van der Waals surface area contributed by atoms with E-state index in [1.807, 2.05) is 31.3 Å². The number of amides is 1. The molecule has 0 aliphatic rings. The molecule has 0 atom stereocenters. The first-order valence-electron chi connectivity index (χ1n) is 9.72. The number of hydrogen-bond donors (Lipinski definition) is 1. The first-order valence-corrected chi connectivity index (χ1v) is 9.72. The number of fused-ring (bicyclic) bond motifs is 1. The molecule has 5 heteroatoms. The molecule has 1 heterocycles. The van der Waals surface area contributed by atoms with Crippen LogP contribution in [0.4, 0.5) is 4.39 Å². The van der Waals surface area contributed by atoms with Crippen LogP contribution in [0.15, 0.2) is 42.5 Å². The van der Waals surface area contributed by atoms with Gasteiger partial charge in [0.05, 0.1) is 7.11 Å². The zero-order chi connectivity index (χ0) is 20.1. The summed E-state index contributed by atoms with van der Waals surface area (Å²) in [6, 6.07) is 12.5. The van der Waals surface area contributed by atoms with Crippen LogP contribution in [0.1, 0.15) is 31.7 Å². The predicted octanol–water partition coefficient (Wildman–Crippen LogP) is 5.17. The summed E-state index contributed by atoms with van der Waals surface area (Å²) in [5, 5.41) is 0.829. The number of halogens is 1. The van der Waals surface area contributed by atoms with E-state index in [0.29, 0.717) is 12.8 Å². The maximum absolute atomic E-state index is 13.9. The third-order valence-electron chi connectivity index (χ3n) is 5.11. The van der Waals surface area contributed by atoms with Crippen molar-refractivity contribution < 1.29 is 13.9 Å². The minimum Gasteiger partial charge on any atom is -0.497 e. The van der Waals surface area contributed by atoms with Gasteiger partial charge in [-0.2, -0.15) is 0 Å². The van der Waals surface area contributed by atoms with Crippen LogP contribution in [-0.2, 0) is 11.2 Å². The monoisotopic (exact) mass is 382 g/mol. The van der Waals surface area contributed by atoms with Crippen molar-refractivity contribution in [3.63, 3.8) is 0 Å². The highest BCUT2D eigenvalue weighted by molar-refractivity contribution is 5.91. The van der Waals surface area contributed by atoms with Crippen molar-refractivity contribution in [2.24, 2.45) is 0 Å². The van der Waals surface area contributed by atoms with Gasteiger partial charge in [0.1, 0.15) is 11.6 Å². The number of H-pyrrole nitrogens is 1. The van der Waals surface area contributed by atoms with Crippen molar-refractivity contribution in [2.75, 3.05) is 20.7 Å². The van der Waals surface area contributed by atoms with Gasteiger partial charge in [-0.3, -0.25) is 4.79 Å². The molecule has 2 aromatic carbocycles. The highest BCUT2D eigenvalue weighted by atomic mass is 19.1. The van der Waals surface area contributed by atoms with Gasteiger partial charge in [0.25, 0.3) is 0 Å². The number of aromatic amines is 1. The van der Waals surface area contributed by atoms with Crippen LogP contribution in [0.3, 0.4) is 0 Å². The maximum atomic E-state index is 13.9. The smallest absolute Gasteiger partial charge is 0.222 e. The third-order valence-corrected chi connectivity index (χ3v) is 5.11. The van der Waals surface area contributed by atoms with Gasteiger partial charge < -0.3 is 14.6 Å². The molecule has 1 amide bonds. The lowest BCUT2D eigenvalue weighted by molar-refractivity contribution is -0.129. The number of aromatic nitrogens is 1. The van der Waals surface area contributed by atoms with E-state index in [0.717, 1.165) is 52.9 Å². The Morgan fingerprint density at radius 3 is 2.61 bits per heavy atom. The molecule has 3 rings (SSSR count). The van der Waals surface area contributed by atoms with Gasteiger partial charge in [-0.1, -0.05) is 13.3 Å². The number of nitrogens with zero attached hydrogens (tertiary/aromatic N) is 1. The molecule has 4 nitrogen and oxygen atoms in total. The molecule has 1 aromatic heterocycles. The molecule has 0 aliphatic carbocycles. The summed E-state index contributed by atoms with van der Waals surface area (Å²) in [4.78, 5) is 17.7. The Morgan fingerprint density at radius 1 is 1.18 bits per heavy atom. The highest BCUT2D eigenvalue weighted by Crippen LogP contribution is 2.32. The molecule has 3 aromatic rings. The Morgan fingerprint density at radius 2 is 1.93 bits per heavy atom.